The van der Waals surface area contributed by atoms with Crippen LogP contribution in [-0.4, -0.2) is 68.2 Å². The molecule has 0 rings (SSSR count). The Morgan fingerprint density at radius 3 is 2.09 bits per heavy atom. The maximum absolute atomic E-state index is 11.8. The number of nitrogens with zero attached hydrogens (tertiary/aromatic N) is 3. The molecule has 7 heteroatoms. The highest BCUT2D eigenvalue weighted by Gasteiger charge is 2.18. The second-order valence-corrected chi connectivity index (χ2v) is 6.90. The van der Waals surface area contributed by atoms with Crippen molar-refractivity contribution in [2.75, 3.05) is 34.7 Å². The van der Waals surface area contributed by atoms with E-state index in [1.54, 1.807) is 0 Å². The number of halogens is 1. The predicted octanol–water partition coefficient (Wildman–Crippen LogP) is 3.17. The Kier molecular flexibility index (Phi) is 12.5. The van der Waals surface area contributed by atoms with Gasteiger partial charge < -0.3 is 19.9 Å². The minimum atomic E-state index is -0.481. The lowest BCUT2D eigenvalue weighted by molar-refractivity contribution is 0.0524. The molecule has 0 aromatic carbocycles. The first-order valence-corrected chi connectivity index (χ1v) is 7.96. The van der Waals surface area contributed by atoms with E-state index in [1.165, 1.54) is 0 Å². The molecule has 0 bridgehead atoms. The van der Waals surface area contributed by atoms with Crippen LogP contribution in [0, 0.1) is 0 Å². The van der Waals surface area contributed by atoms with Crippen molar-refractivity contribution in [3.8, 4) is 0 Å². The summed E-state index contributed by atoms with van der Waals surface area (Å²) in [6, 6.07) is 0.0484. The zero-order valence-electron chi connectivity index (χ0n) is 16.0. The number of hydrogen-bond acceptors (Lipinski definition) is 3. The van der Waals surface area contributed by atoms with Gasteiger partial charge in [0.05, 0.1) is 6.04 Å². The summed E-state index contributed by atoms with van der Waals surface area (Å²) in [5, 5.41) is 2.83. The summed E-state index contributed by atoms with van der Waals surface area (Å²) in [6.07, 6.45) is 2.74. The topological polar surface area (TPSA) is 57.2 Å². The smallest absolute Gasteiger partial charge is 0.407 e. The summed E-state index contributed by atoms with van der Waals surface area (Å²) < 4.78 is 5.27. The van der Waals surface area contributed by atoms with Gasteiger partial charge in [0.25, 0.3) is 0 Å². The molecule has 6 nitrogen and oxygen atoms in total. The Morgan fingerprint density at radius 1 is 1.17 bits per heavy atom. The molecule has 0 radical (unpaired) electrons. The molecule has 0 fully saturated rings. The van der Waals surface area contributed by atoms with Gasteiger partial charge in [-0.1, -0.05) is 19.8 Å². The van der Waals surface area contributed by atoms with E-state index in [0.29, 0.717) is 6.54 Å². The maximum Gasteiger partial charge on any atom is 0.407 e. The third-order valence-corrected chi connectivity index (χ3v) is 2.87. The van der Waals surface area contributed by atoms with Gasteiger partial charge in [0.15, 0.2) is 5.96 Å². The summed E-state index contributed by atoms with van der Waals surface area (Å²) in [6.45, 7) is 8.21. The van der Waals surface area contributed by atoms with E-state index < -0.39 is 5.60 Å². The van der Waals surface area contributed by atoms with Crippen LogP contribution in [0.4, 0.5) is 4.79 Å². The van der Waals surface area contributed by atoms with Crippen molar-refractivity contribution < 1.29 is 9.53 Å². The molecule has 0 aliphatic heterocycles. The summed E-state index contributed by atoms with van der Waals surface area (Å²) in [5.41, 5.74) is -0.481. The number of aliphatic imine (C=N–C) groups is 1. The number of carbonyl (C=O) groups excluding carboxylic acids is 1. The number of unbranched alkanes of at least 4 members (excludes halogenated alkanes) is 1. The van der Waals surface area contributed by atoms with Crippen LogP contribution < -0.4 is 5.32 Å². The monoisotopic (exact) mass is 442 g/mol. The second kappa shape index (κ2) is 11.8. The van der Waals surface area contributed by atoms with Gasteiger partial charge in [-0.05, 0) is 27.2 Å². The van der Waals surface area contributed by atoms with Crippen LogP contribution in [0.15, 0.2) is 4.99 Å². The maximum atomic E-state index is 11.8. The van der Waals surface area contributed by atoms with E-state index in [-0.39, 0.29) is 36.1 Å². The fourth-order valence-electron chi connectivity index (χ4n) is 1.96. The minimum absolute atomic E-state index is 0. The summed E-state index contributed by atoms with van der Waals surface area (Å²) in [4.78, 5) is 20.5. The van der Waals surface area contributed by atoms with Crippen molar-refractivity contribution in [1.29, 1.82) is 0 Å². The molecule has 0 aromatic heterocycles. The highest BCUT2D eigenvalue weighted by molar-refractivity contribution is 14.0. The largest absolute Gasteiger partial charge is 0.444 e. The summed E-state index contributed by atoms with van der Waals surface area (Å²) in [5.74, 6) is 0.895. The highest BCUT2D eigenvalue weighted by Crippen LogP contribution is 2.08. The number of carbonyl (C=O) groups is 1. The van der Waals surface area contributed by atoms with Crippen molar-refractivity contribution >= 4 is 36.0 Å². The van der Waals surface area contributed by atoms with Crippen molar-refractivity contribution in [3.05, 3.63) is 0 Å². The van der Waals surface area contributed by atoms with Crippen LogP contribution in [0.25, 0.3) is 0 Å². The summed E-state index contributed by atoms with van der Waals surface area (Å²) >= 11 is 0. The van der Waals surface area contributed by atoms with Crippen LogP contribution in [0.3, 0.4) is 0 Å². The number of rotatable bonds is 6. The van der Waals surface area contributed by atoms with Crippen LogP contribution in [-0.2, 0) is 4.74 Å². The van der Waals surface area contributed by atoms with Crippen molar-refractivity contribution in [2.45, 2.75) is 58.6 Å². The average Bonchev–Trinajstić information content (AvgIpc) is 2.34. The van der Waals surface area contributed by atoms with Gasteiger partial charge in [0.1, 0.15) is 5.60 Å². The predicted molar refractivity (Wildman–Crippen MR) is 108 cm³/mol. The van der Waals surface area contributed by atoms with E-state index in [1.807, 2.05) is 58.8 Å². The Bertz CT molecular complexity index is 356. The molecule has 23 heavy (non-hydrogen) atoms. The van der Waals surface area contributed by atoms with Gasteiger partial charge in [-0.15, -0.1) is 24.0 Å². The van der Waals surface area contributed by atoms with E-state index in [2.05, 4.69) is 12.2 Å². The first-order valence-electron chi connectivity index (χ1n) is 7.96. The Labute approximate surface area is 159 Å². The van der Waals surface area contributed by atoms with Gasteiger partial charge >= 0.3 is 6.09 Å². The normalized spacial score (nSPS) is 11.8. The second-order valence-electron chi connectivity index (χ2n) is 6.90. The number of amides is 1. The molecule has 0 saturated carbocycles. The quantitative estimate of drug-likeness (QED) is 0.390. The fourth-order valence-corrected chi connectivity index (χ4v) is 1.96. The molecule has 1 unspecified atom stereocenters. The Balaban J connectivity index is 0. The van der Waals surface area contributed by atoms with E-state index in [9.17, 15) is 4.79 Å². The van der Waals surface area contributed by atoms with Crippen LogP contribution >= 0.6 is 24.0 Å². The van der Waals surface area contributed by atoms with Crippen molar-refractivity contribution in [2.24, 2.45) is 4.99 Å². The molecule has 0 aliphatic rings. The molecule has 0 aromatic rings. The number of hydrogen-bond donors (Lipinski definition) is 1. The van der Waals surface area contributed by atoms with Gasteiger partial charge in [0, 0.05) is 34.7 Å². The third-order valence-electron chi connectivity index (χ3n) is 2.87. The Morgan fingerprint density at radius 2 is 1.70 bits per heavy atom. The average molecular weight is 442 g/mol. The first kappa shape index (κ1) is 24.5. The van der Waals surface area contributed by atoms with Crippen LogP contribution in [0.2, 0.25) is 0 Å². The number of nitrogens with one attached hydrogen (secondary N) is 1. The zero-order chi connectivity index (χ0) is 17.3. The molecular weight excluding hydrogens is 407 g/mol. The van der Waals surface area contributed by atoms with E-state index >= 15 is 0 Å². The fraction of sp³-hybridized carbons (Fsp3) is 0.875. The van der Waals surface area contributed by atoms with Crippen LogP contribution in [0.5, 0.6) is 0 Å². The molecule has 1 atom stereocenters. The van der Waals surface area contributed by atoms with Crippen molar-refractivity contribution in [1.82, 2.24) is 15.1 Å². The number of alkyl carbamates (subject to hydrolysis) is 1. The molecular formula is C16H35IN4O2. The van der Waals surface area contributed by atoms with Gasteiger partial charge in [-0.25, -0.2) is 9.79 Å². The Hall–Kier alpha value is -0.730. The van der Waals surface area contributed by atoms with Gasteiger partial charge in [-0.2, -0.15) is 0 Å². The summed E-state index contributed by atoms with van der Waals surface area (Å²) in [7, 11) is 7.88. The van der Waals surface area contributed by atoms with Gasteiger partial charge in [0.2, 0.25) is 0 Å². The lowest BCUT2D eigenvalue weighted by Gasteiger charge is -2.25. The van der Waals surface area contributed by atoms with Crippen molar-refractivity contribution in [3.63, 3.8) is 0 Å². The van der Waals surface area contributed by atoms with Gasteiger partial charge in [-0.3, -0.25) is 0 Å². The third kappa shape index (κ3) is 12.4. The lowest BCUT2D eigenvalue weighted by atomic mass is 10.1. The molecule has 0 saturated heterocycles. The molecule has 1 amide bonds. The lowest BCUT2D eigenvalue weighted by Crippen LogP contribution is -2.40. The highest BCUT2D eigenvalue weighted by atomic mass is 127. The van der Waals surface area contributed by atoms with Crippen LogP contribution in [0.1, 0.15) is 47.0 Å². The molecule has 0 spiro atoms. The standard InChI is InChI=1S/C16H34N4O2.HI/c1-9-10-11-13(18-14(19(5)6)20(7)8)12-17-15(21)22-16(2,3)4;/h13H,9-12H2,1-8H3,(H,17,21);1H. The number of ether oxygens (including phenoxy) is 1. The first-order chi connectivity index (χ1) is 10.1. The van der Waals surface area contributed by atoms with E-state index in [0.717, 1.165) is 25.2 Å². The molecule has 0 aliphatic carbocycles. The van der Waals surface area contributed by atoms with E-state index in [4.69, 9.17) is 9.73 Å². The zero-order valence-corrected chi connectivity index (χ0v) is 18.3. The molecule has 1 N–H and O–H groups in total. The SMILES string of the molecule is CCCCC(CNC(=O)OC(C)(C)C)N=C(N(C)C)N(C)C.I. The minimum Gasteiger partial charge on any atom is -0.444 e. The molecule has 0 heterocycles. The molecule has 138 valence electrons. The number of guanidine groups is 1.